The van der Waals surface area contributed by atoms with Crippen molar-refractivity contribution < 1.29 is 0 Å². The highest BCUT2D eigenvalue weighted by molar-refractivity contribution is 6.30. The van der Waals surface area contributed by atoms with Crippen LogP contribution in [-0.4, -0.2) is 0 Å². The molecule has 0 aliphatic carbocycles. The fourth-order valence-electron chi connectivity index (χ4n) is 1.96. The fraction of sp³-hybridized carbons (Fsp3) is 0.538. The first-order valence-electron chi connectivity index (χ1n) is 5.28. The third kappa shape index (κ3) is 3.71. The number of rotatable bonds is 4. The molecular formula is C13H19Cl. The largest absolute Gasteiger partial charge is 0.0843 e. The van der Waals surface area contributed by atoms with Crippen LogP contribution in [0.2, 0.25) is 5.02 Å². The molecule has 14 heavy (non-hydrogen) atoms. The monoisotopic (exact) mass is 210 g/mol. The van der Waals surface area contributed by atoms with Crippen LogP contribution in [0.4, 0.5) is 0 Å². The van der Waals surface area contributed by atoms with Crippen molar-refractivity contribution in [2.75, 3.05) is 0 Å². The topological polar surface area (TPSA) is 0 Å². The Kier molecular flexibility index (Phi) is 4.00. The van der Waals surface area contributed by atoms with Gasteiger partial charge >= 0.3 is 0 Å². The van der Waals surface area contributed by atoms with Crippen LogP contribution < -0.4 is 0 Å². The Morgan fingerprint density at radius 1 is 1.29 bits per heavy atom. The van der Waals surface area contributed by atoms with Crippen molar-refractivity contribution in [1.82, 2.24) is 0 Å². The summed E-state index contributed by atoms with van der Waals surface area (Å²) in [4.78, 5) is 0. The van der Waals surface area contributed by atoms with E-state index in [4.69, 9.17) is 11.6 Å². The van der Waals surface area contributed by atoms with Gasteiger partial charge in [-0.3, -0.25) is 0 Å². The van der Waals surface area contributed by atoms with E-state index in [-0.39, 0.29) is 0 Å². The van der Waals surface area contributed by atoms with Gasteiger partial charge in [0, 0.05) is 5.02 Å². The summed E-state index contributed by atoms with van der Waals surface area (Å²) in [7, 11) is 0. The minimum atomic E-state index is 0.388. The maximum atomic E-state index is 5.95. The molecule has 1 rings (SSSR count). The van der Waals surface area contributed by atoms with Crippen molar-refractivity contribution >= 4 is 11.6 Å². The molecule has 0 aliphatic heterocycles. The summed E-state index contributed by atoms with van der Waals surface area (Å²) in [6.45, 7) is 6.87. The molecule has 0 heterocycles. The number of hydrogen-bond acceptors (Lipinski definition) is 0. The molecular weight excluding hydrogens is 192 g/mol. The minimum Gasteiger partial charge on any atom is -0.0843 e. The fourth-order valence-corrected chi connectivity index (χ4v) is 2.18. The molecule has 0 atom stereocenters. The summed E-state index contributed by atoms with van der Waals surface area (Å²) in [5.74, 6) is 0. The molecule has 1 aromatic carbocycles. The van der Waals surface area contributed by atoms with Gasteiger partial charge in [0.15, 0.2) is 0 Å². The Balaban J connectivity index is 2.68. The minimum absolute atomic E-state index is 0.388. The first-order valence-corrected chi connectivity index (χ1v) is 5.66. The normalized spacial score (nSPS) is 11.7. The molecule has 0 aromatic heterocycles. The zero-order valence-corrected chi connectivity index (χ0v) is 10.1. The molecule has 1 heteroatoms. The Morgan fingerprint density at radius 3 is 2.57 bits per heavy atom. The lowest BCUT2D eigenvalue weighted by molar-refractivity contribution is 0.329. The molecule has 0 saturated carbocycles. The standard InChI is InChI=1S/C13H19Cl/c1-4-8-13(2,3)10-11-6-5-7-12(14)9-11/h5-7,9H,4,8,10H2,1-3H3. The van der Waals surface area contributed by atoms with Gasteiger partial charge in [0.2, 0.25) is 0 Å². The van der Waals surface area contributed by atoms with Crippen molar-refractivity contribution in [2.24, 2.45) is 5.41 Å². The van der Waals surface area contributed by atoms with E-state index in [0.717, 1.165) is 11.4 Å². The van der Waals surface area contributed by atoms with Crippen LogP contribution in [0.15, 0.2) is 24.3 Å². The van der Waals surface area contributed by atoms with E-state index in [1.165, 1.54) is 18.4 Å². The van der Waals surface area contributed by atoms with Gasteiger partial charge in [0.05, 0.1) is 0 Å². The molecule has 0 aliphatic rings. The first-order chi connectivity index (χ1) is 6.53. The van der Waals surface area contributed by atoms with E-state index in [0.29, 0.717) is 5.41 Å². The summed E-state index contributed by atoms with van der Waals surface area (Å²) in [6.07, 6.45) is 3.62. The van der Waals surface area contributed by atoms with Crippen molar-refractivity contribution in [3.05, 3.63) is 34.9 Å². The Hall–Kier alpha value is -0.490. The second-order valence-corrected chi connectivity index (χ2v) is 5.16. The zero-order valence-electron chi connectivity index (χ0n) is 9.31. The molecule has 0 saturated heterocycles. The number of hydrogen-bond donors (Lipinski definition) is 0. The van der Waals surface area contributed by atoms with Crippen LogP contribution in [0.25, 0.3) is 0 Å². The molecule has 0 spiro atoms. The van der Waals surface area contributed by atoms with Crippen molar-refractivity contribution in [1.29, 1.82) is 0 Å². The van der Waals surface area contributed by atoms with E-state index >= 15 is 0 Å². The van der Waals surface area contributed by atoms with Gasteiger partial charge in [0.25, 0.3) is 0 Å². The summed E-state index contributed by atoms with van der Waals surface area (Å²) in [6, 6.07) is 8.18. The Bertz CT molecular complexity index is 289. The van der Waals surface area contributed by atoms with Crippen molar-refractivity contribution in [3.8, 4) is 0 Å². The predicted molar refractivity (Wildman–Crippen MR) is 63.8 cm³/mol. The van der Waals surface area contributed by atoms with Gasteiger partial charge in [-0.1, -0.05) is 50.9 Å². The van der Waals surface area contributed by atoms with Gasteiger partial charge in [0.1, 0.15) is 0 Å². The molecule has 0 fully saturated rings. The van der Waals surface area contributed by atoms with Crippen molar-refractivity contribution in [2.45, 2.75) is 40.0 Å². The number of benzene rings is 1. The SMILES string of the molecule is CCCC(C)(C)Cc1cccc(Cl)c1. The second-order valence-electron chi connectivity index (χ2n) is 4.72. The lowest BCUT2D eigenvalue weighted by Crippen LogP contribution is -2.14. The zero-order chi connectivity index (χ0) is 10.6. The third-order valence-electron chi connectivity index (χ3n) is 2.50. The summed E-state index contributed by atoms with van der Waals surface area (Å²) in [5.41, 5.74) is 1.73. The van der Waals surface area contributed by atoms with E-state index in [9.17, 15) is 0 Å². The van der Waals surface area contributed by atoms with Crippen LogP contribution in [0.3, 0.4) is 0 Å². The van der Waals surface area contributed by atoms with Crippen LogP contribution >= 0.6 is 11.6 Å². The van der Waals surface area contributed by atoms with E-state index in [2.05, 4.69) is 32.9 Å². The van der Waals surface area contributed by atoms with Gasteiger partial charge in [-0.2, -0.15) is 0 Å². The third-order valence-corrected chi connectivity index (χ3v) is 2.73. The smallest absolute Gasteiger partial charge is 0.0408 e. The van der Waals surface area contributed by atoms with E-state index in [1.807, 2.05) is 12.1 Å². The van der Waals surface area contributed by atoms with Crippen LogP contribution in [0.5, 0.6) is 0 Å². The van der Waals surface area contributed by atoms with Crippen LogP contribution in [0.1, 0.15) is 39.2 Å². The predicted octanol–water partition coefficient (Wildman–Crippen LogP) is 4.71. The molecule has 78 valence electrons. The van der Waals surface area contributed by atoms with Crippen LogP contribution in [0, 0.1) is 5.41 Å². The molecule has 0 N–H and O–H groups in total. The molecule has 0 radical (unpaired) electrons. The summed E-state index contributed by atoms with van der Waals surface area (Å²) >= 11 is 5.95. The first kappa shape index (κ1) is 11.6. The summed E-state index contributed by atoms with van der Waals surface area (Å²) in [5, 5.41) is 0.842. The summed E-state index contributed by atoms with van der Waals surface area (Å²) < 4.78 is 0. The highest BCUT2D eigenvalue weighted by Gasteiger charge is 2.16. The molecule has 0 amide bonds. The number of halogens is 1. The van der Waals surface area contributed by atoms with E-state index in [1.54, 1.807) is 0 Å². The molecule has 1 aromatic rings. The van der Waals surface area contributed by atoms with Gasteiger partial charge in [-0.05, 0) is 36.0 Å². The highest BCUT2D eigenvalue weighted by atomic mass is 35.5. The second kappa shape index (κ2) is 4.84. The maximum Gasteiger partial charge on any atom is 0.0408 e. The van der Waals surface area contributed by atoms with Gasteiger partial charge in [-0.15, -0.1) is 0 Å². The quantitative estimate of drug-likeness (QED) is 0.675. The highest BCUT2D eigenvalue weighted by Crippen LogP contribution is 2.28. The Labute approximate surface area is 92.3 Å². The molecule has 0 nitrogen and oxygen atoms in total. The molecule has 0 bridgehead atoms. The average molecular weight is 211 g/mol. The average Bonchev–Trinajstić information content (AvgIpc) is 2.02. The van der Waals surface area contributed by atoms with E-state index < -0.39 is 0 Å². The Morgan fingerprint density at radius 2 is 2.00 bits per heavy atom. The maximum absolute atomic E-state index is 5.95. The van der Waals surface area contributed by atoms with Crippen molar-refractivity contribution in [3.63, 3.8) is 0 Å². The lowest BCUT2D eigenvalue weighted by Gasteiger charge is -2.24. The molecule has 0 unspecified atom stereocenters. The van der Waals surface area contributed by atoms with Gasteiger partial charge < -0.3 is 0 Å². The lowest BCUT2D eigenvalue weighted by atomic mass is 9.82. The van der Waals surface area contributed by atoms with Crippen LogP contribution in [-0.2, 0) is 6.42 Å². The van der Waals surface area contributed by atoms with Gasteiger partial charge in [-0.25, -0.2) is 0 Å².